The number of hydrogen-bond acceptors (Lipinski definition) is 7. The molecule has 13 heteroatoms. The number of carbonyl (C=O) groups excluding carboxylic acids is 3. The van der Waals surface area contributed by atoms with Crippen molar-refractivity contribution in [3.63, 3.8) is 0 Å². The minimum Gasteiger partial charge on any atom is -0.469 e. The quantitative estimate of drug-likeness (QED) is 0.384. The minimum atomic E-state index is -3.19. The molecule has 0 atom stereocenters. The molecule has 40 heavy (non-hydrogen) atoms. The summed E-state index contributed by atoms with van der Waals surface area (Å²) in [6.07, 6.45) is 6.04. The molecule has 3 aliphatic carbocycles. The van der Waals surface area contributed by atoms with E-state index < -0.39 is 35.4 Å². The summed E-state index contributed by atoms with van der Waals surface area (Å²) < 4.78 is 49.2. The van der Waals surface area contributed by atoms with E-state index in [4.69, 9.17) is 4.74 Å². The molecule has 2 N–H and O–H groups in total. The SMILES string of the molecule is COC(=O)C12CCC(CNC(=O)c3cc(C(=O)NCc4ccc(F)c(OC(F)F)c4)nc4ccnn34)(CC1)CC2. The number of benzene rings is 1. The van der Waals surface area contributed by atoms with Crippen LogP contribution in [0.1, 0.15) is 65.1 Å². The Morgan fingerprint density at radius 1 is 1.02 bits per heavy atom. The van der Waals surface area contributed by atoms with Crippen LogP contribution in [0.15, 0.2) is 36.5 Å². The van der Waals surface area contributed by atoms with Crippen molar-refractivity contribution in [3.05, 3.63) is 59.3 Å². The largest absolute Gasteiger partial charge is 0.469 e. The Hall–Kier alpha value is -4.16. The van der Waals surface area contributed by atoms with Crippen LogP contribution in [-0.2, 0) is 16.1 Å². The van der Waals surface area contributed by atoms with Gasteiger partial charge in [-0.05, 0) is 61.6 Å². The maximum atomic E-state index is 13.7. The Balaban J connectivity index is 1.26. The van der Waals surface area contributed by atoms with Crippen LogP contribution in [0.2, 0.25) is 0 Å². The van der Waals surface area contributed by atoms with E-state index in [1.54, 1.807) is 6.07 Å². The van der Waals surface area contributed by atoms with Gasteiger partial charge < -0.3 is 20.1 Å². The summed E-state index contributed by atoms with van der Waals surface area (Å²) in [6.45, 7) is -2.90. The Bertz CT molecular complexity index is 1440. The lowest BCUT2D eigenvalue weighted by molar-refractivity contribution is -0.162. The Labute approximate surface area is 227 Å². The van der Waals surface area contributed by atoms with E-state index in [2.05, 4.69) is 25.5 Å². The summed E-state index contributed by atoms with van der Waals surface area (Å²) in [4.78, 5) is 42.7. The number of methoxy groups -OCH3 is 1. The lowest BCUT2D eigenvalue weighted by Crippen LogP contribution is -2.50. The molecule has 0 radical (unpaired) electrons. The predicted molar refractivity (Wildman–Crippen MR) is 134 cm³/mol. The number of nitrogens with one attached hydrogen (secondary N) is 2. The van der Waals surface area contributed by atoms with Crippen LogP contribution in [-0.4, -0.2) is 52.6 Å². The topological polar surface area (TPSA) is 124 Å². The fraction of sp³-hybridized carbons (Fsp3) is 0.444. The van der Waals surface area contributed by atoms with Crippen LogP contribution < -0.4 is 15.4 Å². The monoisotopic (exact) mass is 559 g/mol. The molecule has 3 aromatic rings. The summed E-state index contributed by atoms with van der Waals surface area (Å²) >= 11 is 0. The summed E-state index contributed by atoms with van der Waals surface area (Å²) in [7, 11) is 1.41. The lowest BCUT2D eigenvalue weighted by atomic mass is 9.53. The second-order valence-corrected chi connectivity index (χ2v) is 10.4. The highest BCUT2D eigenvalue weighted by atomic mass is 19.3. The fourth-order valence-electron chi connectivity index (χ4n) is 5.72. The molecule has 0 saturated heterocycles. The van der Waals surface area contributed by atoms with Gasteiger partial charge in [0.05, 0.1) is 18.7 Å². The van der Waals surface area contributed by atoms with Gasteiger partial charge in [-0.25, -0.2) is 13.9 Å². The van der Waals surface area contributed by atoms with Gasteiger partial charge in [0.1, 0.15) is 11.4 Å². The number of nitrogens with zero attached hydrogens (tertiary/aromatic N) is 3. The standard InChI is InChI=1S/C27H28F3N5O5/c1-39-24(38)27-8-5-26(6-9-27,7-10-27)15-32-23(37)19-13-18(34-21-4-11-33-35(19)21)22(36)31-14-16-2-3-17(28)20(12-16)40-25(29)30/h2-4,11-13,25H,5-10,14-15H2,1H3,(H,31,36)(H,32,37). The van der Waals surface area contributed by atoms with Crippen LogP contribution in [0, 0.1) is 16.6 Å². The first kappa shape index (κ1) is 27.4. The van der Waals surface area contributed by atoms with E-state index in [9.17, 15) is 27.6 Å². The van der Waals surface area contributed by atoms with Crippen molar-refractivity contribution in [2.45, 2.75) is 51.7 Å². The van der Waals surface area contributed by atoms with E-state index in [-0.39, 0.29) is 35.0 Å². The normalized spacial score (nSPS) is 21.8. The van der Waals surface area contributed by atoms with E-state index >= 15 is 0 Å². The molecule has 0 spiro atoms. The molecule has 2 heterocycles. The molecule has 3 saturated carbocycles. The van der Waals surface area contributed by atoms with Crippen LogP contribution in [0.5, 0.6) is 5.75 Å². The molecule has 3 aliphatic rings. The van der Waals surface area contributed by atoms with E-state index in [0.29, 0.717) is 12.1 Å². The number of fused-ring (bicyclic) bond motifs is 4. The molecule has 0 aliphatic heterocycles. The first-order valence-corrected chi connectivity index (χ1v) is 12.9. The smallest absolute Gasteiger partial charge is 0.387 e. The highest BCUT2D eigenvalue weighted by Crippen LogP contribution is 2.57. The molecule has 10 nitrogen and oxygen atoms in total. The molecule has 2 amide bonds. The number of halogens is 3. The van der Waals surface area contributed by atoms with E-state index in [1.807, 2.05) is 0 Å². The first-order valence-electron chi connectivity index (χ1n) is 12.9. The molecule has 0 unspecified atom stereocenters. The zero-order valence-corrected chi connectivity index (χ0v) is 21.7. The summed E-state index contributed by atoms with van der Waals surface area (Å²) in [5, 5.41) is 9.73. The van der Waals surface area contributed by atoms with Gasteiger partial charge in [-0.3, -0.25) is 14.4 Å². The van der Waals surface area contributed by atoms with E-state index in [0.717, 1.165) is 50.7 Å². The zero-order valence-electron chi connectivity index (χ0n) is 21.7. The van der Waals surface area contributed by atoms with Gasteiger partial charge in [0.15, 0.2) is 17.2 Å². The second-order valence-electron chi connectivity index (χ2n) is 10.4. The van der Waals surface area contributed by atoms with Crippen LogP contribution >= 0.6 is 0 Å². The third kappa shape index (κ3) is 5.32. The number of ether oxygens (including phenoxy) is 2. The summed E-state index contributed by atoms with van der Waals surface area (Å²) in [5.41, 5.74) is 0.139. The zero-order chi connectivity index (χ0) is 28.5. The van der Waals surface area contributed by atoms with Gasteiger partial charge >= 0.3 is 12.6 Å². The van der Waals surface area contributed by atoms with Crippen LogP contribution in [0.4, 0.5) is 13.2 Å². The van der Waals surface area contributed by atoms with Crippen LogP contribution in [0.25, 0.3) is 5.65 Å². The first-order chi connectivity index (χ1) is 19.1. The highest BCUT2D eigenvalue weighted by Gasteiger charge is 2.53. The maximum Gasteiger partial charge on any atom is 0.387 e. The van der Waals surface area contributed by atoms with E-state index in [1.165, 1.54) is 30.0 Å². The van der Waals surface area contributed by atoms with Crippen molar-refractivity contribution in [1.82, 2.24) is 25.2 Å². The van der Waals surface area contributed by atoms with Crippen molar-refractivity contribution in [2.24, 2.45) is 10.8 Å². The number of carbonyl (C=O) groups is 3. The van der Waals surface area contributed by atoms with Crippen molar-refractivity contribution in [2.75, 3.05) is 13.7 Å². The second kappa shape index (κ2) is 10.8. The molecule has 2 aromatic heterocycles. The van der Waals surface area contributed by atoms with Gasteiger partial charge in [-0.2, -0.15) is 13.9 Å². The molecule has 6 rings (SSSR count). The number of aromatic nitrogens is 3. The maximum absolute atomic E-state index is 13.7. The number of amides is 2. The Morgan fingerprint density at radius 3 is 2.42 bits per heavy atom. The molecule has 1 aromatic carbocycles. The van der Waals surface area contributed by atoms with Gasteiger partial charge in [0.2, 0.25) is 0 Å². The third-order valence-corrected chi connectivity index (χ3v) is 8.13. The van der Waals surface area contributed by atoms with Crippen molar-refractivity contribution in [3.8, 4) is 5.75 Å². The molecule has 2 bridgehead atoms. The number of rotatable bonds is 9. The molecule has 212 valence electrons. The molecule has 3 fully saturated rings. The van der Waals surface area contributed by atoms with Crippen molar-refractivity contribution < 1.29 is 37.0 Å². The van der Waals surface area contributed by atoms with Gasteiger partial charge in [0.25, 0.3) is 11.8 Å². The summed E-state index contributed by atoms with van der Waals surface area (Å²) in [5.74, 6) is -2.80. The van der Waals surface area contributed by atoms with Crippen LogP contribution in [0.3, 0.4) is 0 Å². The minimum absolute atomic E-state index is 0.0549. The van der Waals surface area contributed by atoms with Gasteiger partial charge in [-0.1, -0.05) is 6.07 Å². The number of hydrogen-bond donors (Lipinski definition) is 2. The molecular formula is C27H28F3N5O5. The van der Waals surface area contributed by atoms with Gasteiger partial charge in [-0.15, -0.1) is 0 Å². The fourth-order valence-corrected chi connectivity index (χ4v) is 5.72. The third-order valence-electron chi connectivity index (χ3n) is 8.13. The Kier molecular flexibility index (Phi) is 7.39. The van der Waals surface area contributed by atoms with Crippen molar-refractivity contribution in [1.29, 1.82) is 0 Å². The summed E-state index contributed by atoms with van der Waals surface area (Å²) in [6, 6.07) is 6.23. The lowest BCUT2D eigenvalue weighted by Gasteiger charge is -2.51. The number of esters is 1. The predicted octanol–water partition coefficient (Wildman–Crippen LogP) is 3.64. The number of alkyl halides is 2. The van der Waals surface area contributed by atoms with Gasteiger partial charge in [0, 0.05) is 25.2 Å². The molecular weight excluding hydrogens is 531 g/mol. The average molecular weight is 560 g/mol. The Morgan fingerprint density at radius 2 is 1.75 bits per heavy atom. The highest BCUT2D eigenvalue weighted by molar-refractivity contribution is 5.98. The van der Waals surface area contributed by atoms with Crippen molar-refractivity contribution >= 4 is 23.4 Å². The average Bonchev–Trinajstić information content (AvgIpc) is 3.45.